The van der Waals surface area contributed by atoms with E-state index in [2.05, 4.69) is 32.0 Å². The zero-order valence-electron chi connectivity index (χ0n) is 7.40. The largest absolute Gasteiger partial charge is 0.248 e. The van der Waals surface area contributed by atoms with Crippen LogP contribution < -0.4 is 0 Å². The van der Waals surface area contributed by atoms with Crippen LogP contribution in [0.15, 0.2) is 37.7 Å². The number of hydrogen-bond acceptors (Lipinski definition) is 4. The number of rotatable bonds is 2. The second-order valence-corrected chi connectivity index (χ2v) is 5.68. The van der Waals surface area contributed by atoms with Crippen molar-refractivity contribution < 1.29 is 0 Å². The highest BCUT2D eigenvalue weighted by atomic mass is 79.9. The molecule has 0 radical (unpaired) electrons. The smallest absolute Gasteiger partial charge is 0.156 e. The molecule has 2 nitrogen and oxygen atoms in total. The summed E-state index contributed by atoms with van der Waals surface area (Å²) in [7, 11) is 0. The van der Waals surface area contributed by atoms with Gasteiger partial charge in [0.05, 0.1) is 4.47 Å². The van der Waals surface area contributed by atoms with Gasteiger partial charge in [-0.2, -0.15) is 0 Å². The lowest BCUT2D eigenvalue weighted by Gasteiger charge is -2.00. The minimum Gasteiger partial charge on any atom is -0.248 e. The monoisotopic (exact) mass is 286 g/mol. The van der Waals surface area contributed by atoms with Crippen molar-refractivity contribution in [3.63, 3.8) is 0 Å². The van der Waals surface area contributed by atoms with Crippen LogP contribution in [-0.4, -0.2) is 9.97 Å². The molecule has 14 heavy (non-hydrogen) atoms. The summed E-state index contributed by atoms with van der Waals surface area (Å²) in [5, 5.41) is 2.93. The number of halogens is 1. The molecule has 2 heterocycles. The van der Waals surface area contributed by atoms with Gasteiger partial charge in [0.2, 0.25) is 0 Å². The summed E-state index contributed by atoms with van der Waals surface area (Å²) >= 11 is 6.69. The molecule has 0 saturated heterocycles. The number of hydrogen-bond donors (Lipinski definition) is 0. The quantitative estimate of drug-likeness (QED) is 0.841. The topological polar surface area (TPSA) is 25.8 Å². The van der Waals surface area contributed by atoms with Gasteiger partial charge in [-0.1, -0.05) is 0 Å². The van der Waals surface area contributed by atoms with Crippen LogP contribution in [0, 0.1) is 6.92 Å². The Morgan fingerprint density at radius 1 is 1.43 bits per heavy atom. The summed E-state index contributed by atoms with van der Waals surface area (Å²) in [5.74, 6) is 0. The van der Waals surface area contributed by atoms with Crippen LogP contribution >= 0.6 is 39.0 Å². The Balaban J connectivity index is 2.25. The molecular weight excluding hydrogens is 280 g/mol. The van der Waals surface area contributed by atoms with Crippen LogP contribution in [0.4, 0.5) is 0 Å². The van der Waals surface area contributed by atoms with Crippen molar-refractivity contribution in [2.75, 3.05) is 0 Å². The standard InChI is InChI=1S/C9H7BrN2S2/c1-6-4-7(10)8(12-5-6)14-9-11-2-3-13-9/h2-5H,1H3. The van der Waals surface area contributed by atoms with E-state index in [0.717, 1.165) is 19.4 Å². The third-order valence-electron chi connectivity index (χ3n) is 1.54. The molecule has 0 N–H and O–H groups in total. The Kier molecular flexibility index (Phi) is 3.20. The lowest BCUT2D eigenvalue weighted by Crippen LogP contribution is -1.83. The first-order chi connectivity index (χ1) is 6.75. The molecule has 0 aliphatic rings. The Morgan fingerprint density at radius 3 is 2.93 bits per heavy atom. The Hall–Kier alpha value is -0.390. The zero-order chi connectivity index (χ0) is 9.97. The number of pyridine rings is 1. The van der Waals surface area contributed by atoms with Crippen LogP contribution in [0.5, 0.6) is 0 Å². The van der Waals surface area contributed by atoms with Gasteiger partial charge in [0.1, 0.15) is 5.03 Å². The zero-order valence-corrected chi connectivity index (χ0v) is 10.6. The second kappa shape index (κ2) is 4.42. The highest BCUT2D eigenvalue weighted by molar-refractivity contribution is 9.10. The molecule has 0 aliphatic carbocycles. The minimum absolute atomic E-state index is 0.963. The van der Waals surface area contributed by atoms with Gasteiger partial charge in [-0.05, 0) is 46.2 Å². The van der Waals surface area contributed by atoms with E-state index in [4.69, 9.17) is 0 Å². The maximum atomic E-state index is 4.34. The molecule has 0 amide bonds. The van der Waals surface area contributed by atoms with Gasteiger partial charge >= 0.3 is 0 Å². The van der Waals surface area contributed by atoms with Gasteiger partial charge < -0.3 is 0 Å². The summed E-state index contributed by atoms with van der Waals surface area (Å²) in [4.78, 5) is 8.53. The van der Waals surface area contributed by atoms with Crippen molar-refractivity contribution in [3.05, 3.63) is 33.9 Å². The molecule has 0 aliphatic heterocycles. The molecule has 0 aromatic carbocycles. The fraction of sp³-hybridized carbons (Fsp3) is 0.111. The lowest BCUT2D eigenvalue weighted by atomic mass is 10.3. The predicted molar refractivity (Wildman–Crippen MR) is 62.9 cm³/mol. The third kappa shape index (κ3) is 2.34. The Labute approximate surface area is 98.9 Å². The first-order valence-electron chi connectivity index (χ1n) is 3.95. The van der Waals surface area contributed by atoms with Gasteiger partial charge in [-0.25, -0.2) is 9.97 Å². The van der Waals surface area contributed by atoms with Crippen molar-refractivity contribution >= 4 is 39.0 Å². The first kappa shape index (κ1) is 10.1. The summed E-state index contributed by atoms with van der Waals surface area (Å²) < 4.78 is 2.04. The highest BCUT2D eigenvalue weighted by Crippen LogP contribution is 2.32. The van der Waals surface area contributed by atoms with Gasteiger partial charge in [0.15, 0.2) is 4.34 Å². The second-order valence-electron chi connectivity index (χ2n) is 2.70. The van der Waals surface area contributed by atoms with E-state index < -0.39 is 0 Å². The molecule has 0 atom stereocenters. The predicted octanol–water partition coefficient (Wildman–Crippen LogP) is 3.76. The summed E-state index contributed by atoms with van der Waals surface area (Å²) in [6, 6.07) is 2.06. The van der Waals surface area contributed by atoms with E-state index in [1.165, 1.54) is 0 Å². The maximum absolute atomic E-state index is 4.34. The van der Waals surface area contributed by atoms with Crippen LogP contribution in [0.3, 0.4) is 0 Å². The SMILES string of the molecule is Cc1cnc(Sc2nccs2)c(Br)c1. The van der Waals surface area contributed by atoms with Gasteiger partial charge in [-0.3, -0.25) is 0 Å². The van der Waals surface area contributed by atoms with Crippen LogP contribution in [0.1, 0.15) is 5.56 Å². The van der Waals surface area contributed by atoms with E-state index in [9.17, 15) is 0 Å². The summed E-state index contributed by atoms with van der Waals surface area (Å²) in [6.07, 6.45) is 3.66. The van der Waals surface area contributed by atoms with Crippen molar-refractivity contribution in [3.8, 4) is 0 Å². The Morgan fingerprint density at radius 2 is 2.29 bits per heavy atom. The Bertz CT molecular complexity index is 428. The van der Waals surface area contributed by atoms with Crippen molar-refractivity contribution in [2.45, 2.75) is 16.3 Å². The number of nitrogens with zero attached hydrogens (tertiary/aromatic N) is 2. The van der Waals surface area contributed by atoms with Crippen LogP contribution in [0.2, 0.25) is 0 Å². The minimum atomic E-state index is 0.963. The van der Waals surface area contributed by atoms with E-state index in [-0.39, 0.29) is 0 Å². The summed E-state index contributed by atoms with van der Waals surface area (Å²) in [6.45, 7) is 2.02. The molecule has 2 rings (SSSR count). The molecule has 72 valence electrons. The number of thiazole rings is 1. The maximum Gasteiger partial charge on any atom is 0.156 e. The van der Waals surface area contributed by atoms with Gasteiger partial charge in [-0.15, -0.1) is 11.3 Å². The van der Waals surface area contributed by atoms with E-state index in [1.807, 2.05) is 18.5 Å². The normalized spacial score (nSPS) is 10.4. The molecule has 0 fully saturated rings. The van der Waals surface area contributed by atoms with Crippen LogP contribution in [0.25, 0.3) is 0 Å². The molecule has 0 bridgehead atoms. The average molecular weight is 287 g/mol. The molecule has 5 heteroatoms. The molecule has 0 unspecified atom stereocenters. The fourth-order valence-electron chi connectivity index (χ4n) is 0.940. The van der Waals surface area contributed by atoms with Crippen molar-refractivity contribution in [2.24, 2.45) is 0 Å². The van der Waals surface area contributed by atoms with Crippen molar-refractivity contribution in [1.29, 1.82) is 0 Å². The van der Waals surface area contributed by atoms with Gasteiger partial charge in [0.25, 0.3) is 0 Å². The molecule has 0 spiro atoms. The number of aryl methyl sites for hydroxylation is 1. The van der Waals surface area contributed by atoms with E-state index in [1.54, 1.807) is 29.3 Å². The van der Waals surface area contributed by atoms with E-state index >= 15 is 0 Å². The third-order valence-corrected chi connectivity index (χ3v) is 4.31. The van der Waals surface area contributed by atoms with Gasteiger partial charge in [0, 0.05) is 17.8 Å². The van der Waals surface area contributed by atoms with E-state index in [0.29, 0.717) is 0 Å². The molecule has 0 saturated carbocycles. The van der Waals surface area contributed by atoms with Crippen LogP contribution in [-0.2, 0) is 0 Å². The summed E-state index contributed by atoms with van der Waals surface area (Å²) in [5.41, 5.74) is 1.15. The lowest BCUT2D eigenvalue weighted by molar-refractivity contribution is 1.08. The molecule has 2 aromatic rings. The fourth-order valence-corrected chi connectivity index (χ4v) is 3.14. The first-order valence-corrected chi connectivity index (χ1v) is 6.44. The average Bonchev–Trinajstić information content (AvgIpc) is 2.62. The number of aromatic nitrogens is 2. The molecule has 2 aromatic heterocycles. The molecular formula is C9H7BrN2S2. The van der Waals surface area contributed by atoms with Crippen molar-refractivity contribution in [1.82, 2.24) is 9.97 Å². The highest BCUT2D eigenvalue weighted by Gasteiger charge is 2.05.